The number of carboxylic acids is 1. The Morgan fingerprint density at radius 1 is 1.00 bits per heavy atom. The van der Waals surface area contributed by atoms with Crippen molar-refractivity contribution in [2.24, 2.45) is 5.10 Å². The highest BCUT2D eigenvalue weighted by Crippen LogP contribution is 2.18. The molecule has 0 saturated heterocycles. The smallest absolute Gasteiger partial charge is 0.317 e. The summed E-state index contributed by atoms with van der Waals surface area (Å²) in [7, 11) is 0. The standard InChI is InChI=1S/C24H20N4O3S/c29-22(27-25-14-17-10-12-19(13-11-17)23(30)31)16-32-24-26-20-8-4-5-9-21(20)28(24)15-18-6-2-1-3-7-18/h1-14H,15-16H2,(H2,27,29,30,31)/b25-14+. The van der Waals surface area contributed by atoms with Crippen LogP contribution in [0, 0.1) is 0 Å². The van der Waals surface area contributed by atoms with Gasteiger partial charge in [-0.2, -0.15) is 5.10 Å². The van der Waals surface area contributed by atoms with Crippen LogP contribution in [0.25, 0.3) is 11.0 Å². The van der Waals surface area contributed by atoms with E-state index in [-0.39, 0.29) is 17.2 Å². The molecule has 1 aromatic heterocycles. The molecule has 0 unspecified atom stereocenters. The molecule has 0 radical (unpaired) electrons. The maximum absolute atomic E-state index is 12.3. The van der Waals surface area contributed by atoms with Gasteiger partial charge in [0.05, 0.1) is 17.9 Å². The van der Waals surface area contributed by atoms with Crippen LogP contribution in [0.1, 0.15) is 21.5 Å². The maximum Gasteiger partial charge on any atom is 0.317 e. The number of carbonyl (C=O) groups excluding carboxylic acids is 2. The lowest BCUT2D eigenvalue weighted by molar-refractivity contribution is -0.700. The number of carbonyl (C=O) groups is 2. The second kappa shape index (κ2) is 9.93. The normalized spacial score (nSPS) is 11.1. The van der Waals surface area contributed by atoms with Crippen LogP contribution >= 0.6 is 11.8 Å². The predicted octanol–water partition coefficient (Wildman–Crippen LogP) is 2.11. The lowest BCUT2D eigenvalue weighted by atomic mass is 10.1. The average Bonchev–Trinajstić information content (AvgIpc) is 3.16. The number of nitrogens with one attached hydrogen (secondary N) is 2. The highest BCUT2D eigenvalue weighted by molar-refractivity contribution is 7.99. The van der Waals surface area contributed by atoms with E-state index in [0.29, 0.717) is 12.1 Å². The molecule has 7 nitrogen and oxygen atoms in total. The first kappa shape index (κ1) is 21.3. The fraction of sp³-hybridized carbons (Fsp3) is 0.0833. The molecule has 32 heavy (non-hydrogen) atoms. The molecule has 4 rings (SSSR count). The highest BCUT2D eigenvalue weighted by Gasteiger charge is 2.20. The van der Waals surface area contributed by atoms with Crippen molar-refractivity contribution in [1.29, 1.82) is 0 Å². The minimum Gasteiger partial charge on any atom is -0.545 e. The number of amides is 1. The summed E-state index contributed by atoms with van der Waals surface area (Å²) in [6, 6.07) is 24.2. The number of aromatic nitrogens is 2. The van der Waals surface area contributed by atoms with Gasteiger partial charge in [-0.1, -0.05) is 66.7 Å². The molecule has 1 heterocycles. The van der Waals surface area contributed by atoms with Gasteiger partial charge >= 0.3 is 5.16 Å². The molecule has 0 aliphatic heterocycles. The number of nitrogens with zero attached hydrogens (tertiary/aromatic N) is 2. The van der Waals surface area contributed by atoms with Crippen LogP contribution in [-0.4, -0.2) is 28.8 Å². The van der Waals surface area contributed by atoms with E-state index in [0.717, 1.165) is 16.2 Å². The molecule has 0 fully saturated rings. The van der Waals surface area contributed by atoms with Crippen LogP contribution < -0.4 is 15.1 Å². The van der Waals surface area contributed by atoms with E-state index in [1.54, 1.807) is 12.1 Å². The fourth-order valence-electron chi connectivity index (χ4n) is 3.19. The minimum absolute atomic E-state index is 0.0877. The topological polar surface area (TPSA) is 101 Å². The third kappa shape index (κ3) is 5.22. The summed E-state index contributed by atoms with van der Waals surface area (Å²) >= 11 is 1.40. The molecule has 0 aliphatic rings. The molecule has 0 saturated carbocycles. The lowest BCUT2D eigenvalue weighted by Gasteiger charge is -2.03. The quantitative estimate of drug-likeness (QED) is 0.188. The molecule has 8 heteroatoms. The Kier molecular flexibility index (Phi) is 6.62. The predicted molar refractivity (Wildman–Crippen MR) is 121 cm³/mol. The van der Waals surface area contributed by atoms with E-state index in [2.05, 4.69) is 38.3 Å². The summed E-state index contributed by atoms with van der Waals surface area (Å²) < 4.78 is 2.16. The Morgan fingerprint density at radius 2 is 1.72 bits per heavy atom. The van der Waals surface area contributed by atoms with Crippen molar-refractivity contribution < 1.29 is 19.3 Å². The van der Waals surface area contributed by atoms with Crippen LogP contribution in [0.4, 0.5) is 0 Å². The highest BCUT2D eigenvalue weighted by atomic mass is 32.2. The molecule has 0 bridgehead atoms. The molecule has 0 aliphatic carbocycles. The zero-order valence-electron chi connectivity index (χ0n) is 17.0. The summed E-state index contributed by atoms with van der Waals surface area (Å²) in [5, 5.41) is 15.6. The van der Waals surface area contributed by atoms with Gasteiger partial charge in [0.1, 0.15) is 6.54 Å². The van der Waals surface area contributed by atoms with Crippen molar-refractivity contribution in [2.45, 2.75) is 11.7 Å². The second-order valence-corrected chi connectivity index (χ2v) is 7.97. The van der Waals surface area contributed by atoms with Gasteiger partial charge in [-0.25, -0.2) is 15.0 Å². The monoisotopic (exact) mass is 444 g/mol. The first-order chi connectivity index (χ1) is 15.6. The van der Waals surface area contributed by atoms with Gasteiger partial charge in [0, 0.05) is 0 Å². The molecule has 1 amide bonds. The number of carboxylic acid groups (broad SMARTS) is 1. The molecule has 4 aromatic rings. The van der Waals surface area contributed by atoms with Crippen molar-refractivity contribution in [3.8, 4) is 0 Å². The molecule has 0 spiro atoms. The van der Waals surface area contributed by atoms with E-state index in [1.165, 1.54) is 35.7 Å². The number of hydrazone groups is 1. The SMILES string of the molecule is O=C(CSc1[nH]c2ccccc2[n+]1Cc1ccccc1)N/N=C/c1ccc(C(=O)[O-])cc1. The minimum atomic E-state index is -1.24. The lowest BCUT2D eigenvalue weighted by Crippen LogP contribution is -2.36. The number of aromatic carboxylic acids is 1. The number of imidazole rings is 1. The van der Waals surface area contributed by atoms with Crippen molar-refractivity contribution in [3.63, 3.8) is 0 Å². The Bertz CT molecular complexity index is 1270. The number of rotatable bonds is 8. The Hall–Kier alpha value is -3.91. The van der Waals surface area contributed by atoms with Crippen molar-refractivity contribution in [1.82, 2.24) is 10.4 Å². The Labute approximate surface area is 188 Å². The van der Waals surface area contributed by atoms with Crippen molar-refractivity contribution in [2.75, 3.05) is 5.75 Å². The van der Waals surface area contributed by atoms with Crippen molar-refractivity contribution >= 4 is 40.9 Å². The summed E-state index contributed by atoms with van der Waals surface area (Å²) in [6.07, 6.45) is 1.46. The second-order valence-electron chi connectivity index (χ2n) is 7.01. The van der Waals surface area contributed by atoms with E-state index in [1.807, 2.05) is 36.4 Å². The van der Waals surface area contributed by atoms with E-state index in [9.17, 15) is 14.7 Å². The van der Waals surface area contributed by atoms with Crippen LogP contribution in [-0.2, 0) is 11.3 Å². The van der Waals surface area contributed by atoms with Gasteiger partial charge in [-0.15, -0.1) is 0 Å². The molecular formula is C24H20N4O3S. The molecule has 2 N–H and O–H groups in total. The third-order valence-corrected chi connectivity index (χ3v) is 5.76. The molecule has 0 atom stereocenters. The largest absolute Gasteiger partial charge is 0.545 e. The number of fused-ring (bicyclic) bond motifs is 1. The van der Waals surface area contributed by atoms with Gasteiger partial charge < -0.3 is 9.90 Å². The van der Waals surface area contributed by atoms with Gasteiger partial charge in [0.15, 0.2) is 11.0 Å². The zero-order chi connectivity index (χ0) is 22.3. The summed E-state index contributed by atoms with van der Waals surface area (Å²) in [6.45, 7) is 0.689. The molecule has 3 aromatic carbocycles. The van der Waals surface area contributed by atoms with Crippen LogP contribution in [0.15, 0.2) is 89.1 Å². The summed E-state index contributed by atoms with van der Waals surface area (Å²) in [4.78, 5) is 26.5. The van der Waals surface area contributed by atoms with Gasteiger partial charge in [-0.3, -0.25) is 4.79 Å². The third-order valence-electron chi connectivity index (χ3n) is 4.75. The maximum atomic E-state index is 12.3. The molecule has 160 valence electrons. The number of H-pyrrole nitrogens is 1. The van der Waals surface area contributed by atoms with Crippen LogP contribution in [0.3, 0.4) is 0 Å². The van der Waals surface area contributed by atoms with E-state index in [4.69, 9.17) is 0 Å². The van der Waals surface area contributed by atoms with Gasteiger partial charge in [-0.05, 0) is 40.6 Å². The number of hydrogen-bond acceptors (Lipinski definition) is 5. The average molecular weight is 445 g/mol. The molecular weight excluding hydrogens is 424 g/mol. The number of benzene rings is 3. The first-order valence-electron chi connectivity index (χ1n) is 9.91. The van der Waals surface area contributed by atoms with E-state index >= 15 is 0 Å². The first-order valence-corrected chi connectivity index (χ1v) is 10.9. The Morgan fingerprint density at radius 3 is 2.47 bits per heavy atom. The number of aromatic amines is 1. The Balaban J connectivity index is 1.40. The zero-order valence-corrected chi connectivity index (χ0v) is 17.8. The number of hydrogen-bond donors (Lipinski definition) is 2. The fourth-order valence-corrected chi connectivity index (χ4v) is 4.03. The number of thioether (sulfide) groups is 1. The summed E-state index contributed by atoms with van der Waals surface area (Å²) in [5.41, 5.74) is 6.49. The van der Waals surface area contributed by atoms with Crippen molar-refractivity contribution in [3.05, 3.63) is 95.6 Å². The van der Waals surface area contributed by atoms with Gasteiger partial charge in [0.2, 0.25) is 0 Å². The van der Waals surface area contributed by atoms with E-state index < -0.39 is 5.97 Å². The van der Waals surface area contributed by atoms with Crippen LogP contribution in [0.5, 0.6) is 0 Å². The summed E-state index contributed by atoms with van der Waals surface area (Å²) in [5.74, 6) is -1.30. The van der Waals surface area contributed by atoms with Crippen LogP contribution in [0.2, 0.25) is 0 Å². The van der Waals surface area contributed by atoms with Gasteiger partial charge in [0.25, 0.3) is 5.91 Å². The number of para-hydroxylation sites is 2.